The van der Waals surface area contributed by atoms with E-state index < -0.39 is 17.9 Å². The summed E-state index contributed by atoms with van der Waals surface area (Å²) in [5, 5.41) is 14.1. The Balaban J connectivity index is 3.72. The maximum Gasteiger partial charge on any atom is 0.239 e. The second-order valence-corrected chi connectivity index (χ2v) is 3.73. The maximum absolute atomic E-state index is 11.5. The predicted molar refractivity (Wildman–Crippen MR) is 68.8 cm³/mol. The Morgan fingerprint density at radius 3 is 2.53 bits per heavy atom. The van der Waals surface area contributed by atoms with Gasteiger partial charge in [-0.2, -0.15) is 0 Å². The molecule has 19 heavy (non-hydrogen) atoms. The van der Waals surface area contributed by atoms with Crippen LogP contribution in [0.3, 0.4) is 0 Å². The number of amides is 2. The molecule has 0 aliphatic carbocycles. The monoisotopic (exact) mass is 271 g/mol. The Hall–Kier alpha value is -2.16. The summed E-state index contributed by atoms with van der Waals surface area (Å²) in [5.74, 6) is -1.07. The molecular weight excluding hydrogens is 252 g/mol. The van der Waals surface area contributed by atoms with Gasteiger partial charge in [-0.15, -0.1) is 0 Å². The predicted octanol–water partition coefficient (Wildman–Crippen LogP) is -3.08. The number of guanidine groups is 1. The Morgan fingerprint density at radius 2 is 1.95 bits per heavy atom. The topological polar surface area (TPSA) is 163 Å². The van der Waals surface area contributed by atoms with E-state index in [0.29, 0.717) is 19.4 Å². The highest BCUT2D eigenvalue weighted by molar-refractivity contribution is 5.87. The molecule has 0 aromatic carbocycles. The Bertz CT molecular complexity index is 333. The molecule has 1 atom stereocenters. The summed E-state index contributed by atoms with van der Waals surface area (Å²) in [4.78, 5) is 32.4. The SMILES string of the molecule is N=C(N)NCCC[C@H](N)C(=O)NCC(=O)NC[C]=O. The van der Waals surface area contributed by atoms with Crippen LogP contribution >= 0.6 is 0 Å². The van der Waals surface area contributed by atoms with Gasteiger partial charge >= 0.3 is 0 Å². The molecule has 0 fully saturated rings. The maximum atomic E-state index is 11.5. The molecule has 8 N–H and O–H groups in total. The van der Waals surface area contributed by atoms with Gasteiger partial charge in [0.15, 0.2) is 5.96 Å². The van der Waals surface area contributed by atoms with E-state index in [1.54, 1.807) is 0 Å². The highest BCUT2D eigenvalue weighted by Gasteiger charge is 2.13. The molecule has 107 valence electrons. The van der Waals surface area contributed by atoms with Gasteiger partial charge in [0.2, 0.25) is 18.1 Å². The van der Waals surface area contributed by atoms with Crippen LogP contribution in [0.1, 0.15) is 12.8 Å². The fourth-order valence-electron chi connectivity index (χ4n) is 1.17. The van der Waals surface area contributed by atoms with Crippen LogP contribution in [0.4, 0.5) is 0 Å². The summed E-state index contributed by atoms with van der Waals surface area (Å²) < 4.78 is 0. The van der Waals surface area contributed by atoms with E-state index in [4.69, 9.17) is 16.9 Å². The van der Waals surface area contributed by atoms with Crippen LogP contribution in [0, 0.1) is 5.41 Å². The fourth-order valence-corrected chi connectivity index (χ4v) is 1.17. The van der Waals surface area contributed by atoms with E-state index >= 15 is 0 Å². The van der Waals surface area contributed by atoms with Crippen LogP contribution in [0.2, 0.25) is 0 Å². The highest BCUT2D eigenvalue weighted by Crippen LogP contribution is 1.93. The first-order valence-corrected chi connectivity index (χ1v) is 5.70. The lowest BCUT2D eigenvalue weighted by Gasteiger charge is -2.12. The number of carbonyl (C=O) groups is 2. The Labute approximate surface area is 111 Å². The molecule has 0 aromatic heterocycles. The minimum absolute atomic E-state index is 0.137. The van der Waals surface area contributed by atoms with Gasteiger partial charge in [-0.1, -0.05) is 0 Å². The van der Waals surface area contributed by atoms with Crippen LogP contribution in [0.15, 0.2) is 0 Å². The third kappa shape index (κ3) is 9.53. The van der Waals surface area contributed by atoms with Crippen LogP contribution in [-0.4, -0.2) is 49.7 Å². The number of nitrogens with two attached hydrogens (primary N) is 2. The normalized spacial score (nSPS) is 11.2. The first kappa shape index (κ1) is 16.8. The van der Waals surface area contributed by atoms with Crippen LogP contribution < -0.4 is 27.4 Å². The zero-order valence-electron chi connectivity index (χ0n) is 10.5. The number of carbonyl (C=O) groups excluding carboxylic acids is 3. The van der Waals surface area contributed by atoms with E-state index in [0.717, 1.165) is 0 Å². The van der Waals surface area contributed by atoms with E-state index in [9.17, 15) is 14.4 Å². The van der Waals surface area contributed by atoms with Crippen molar-refractivity contribution in [3.05, 3.63) is 0 Å². The summed E-state index contributed by atoms with van der Waals surface area (Å²) in [7, 11) is 0. The molecule has 0 heterocycles. The lowest BCUT2D eigenvalue weighted by atomic mass is 10.1. The molecule has 0 aromatic rings. The molecule has 0 aliphatic rings. The minimum atomic E-state index is -0.737. The Kier molecular flexibility index (Phi) is 8.71. The van der Waals surface area contributed by atoms with Crippen LogP contribution in [0.25, 0.3) is 0 Å². The van der Waals surface area contributed by atoms with Gasteiger partial charge in [-0.25, -0.2) is 0 Å². The molecule has 9 nitrogen and oxygen atoms in total. The quantitative estimate of drug-likeness (QED) is 0.148. The molecule has 0 spiro atoms. The van der Waals surface area contributed by atoms with Gasteiger partial charge < -0.3 is 27.4 Å². The summed E-state index contributed by atoms with van der Waals surface area (Å²) in [6.45, 7) is 0.00332. The van der Waals surface area contributed by atoms with Gasteiger partial charge in [0.25, 0.3) is 0 Å². The second kappa shape index (κ2) is 9.83. The molecule has 2 amide bonds. The van der Waals surface area contributed by atoms with E-state index in [1.807, 2.05) is 0 Å². The van der Waals surface area contributed by atoms with E-state index in [1.165, 1.54) is 6.29 Å². The number of rotatable bonds is 9. The lowest BCUT2D eigenvalue weighted by molar-refractivity contribution is -0.126. The first-order chi connectivity index (χ1) is 8.97. The summed E-state index contributed by atoms with van der Waals surface area (Å²) in [6, 6.07) is -0.737. The van der Waals surface area contributed by atoms with Crippen LogP contribution in [0.5, 0.6) is 0 Å². The van der Waals surface area contributed by atoms with Crippen molar-refractivity contribution in [2.24, 2.45) is 11.5 Å². The minimum Gasteiger partial charge on any atom is -0.370 e. The molecule has 0 rings (SSSR count). The largest absolute Gasteiger partial charge is 0.370 e. The smallest absolute Gasteiger partial charge is 0.239 e. The summed E-state index contributed by atoms with van der Waals surface area (Å²) >= 11 is 0. The van der Waals surface area contributed by atoms with Crippen molar-refractivity contribution in [1.29, 1.82) is 5.41 Å². The molecule has 0 saturated heterocycles. The molecule has 0 saturated carbocycles. The molecular formula is C10H19N6O3. The average Bonchev–Trinajstić information content (AvgIpc) is 2.37. The van der Waals surface area contributed by atoms with Gasteiger partial charge in [-0.3, -0.25) is 19.8 Å². The van der Waals surface area contributed by atoms with Crippen molar-refractivity contribution in [2.75, 3.05) is 19.6 Å². The standard InChI is InChI=1S/C10H19N6O3/c11-7(2-1-3-15-10(12)13)9(19)16-6-8(18)14-4-5-17/h7H,1-4,6,11H2,(H,14,18)(H,16,19)(H4,12,13,15)/t7-/m0/s1. The average molecular weight is 271 g/mol. The number of nitrogens with one attached hydrogen (secondary N) is 4. The zero-order chi connectivity index (χ0) is 14.7. The second-order valence-electron chi connectivity index (χ2n) is 3.73. The Morgan fingerprint density at radius 1 is 1.26 bits per heavy atom. The van der Waals surface area contributed by atoms with Crippen molar-refractivity contribution < 1.29 is 14.4 Å². The zero-order valence-corrected chi connectivity index (χ0v) is 10.5. The molecule has 0 aliphatic heterocycles. The van der Waals surface area contributed by atoms with Gasteiger partial charge in [0, 0.05) is 6.54 Å². The van der Waals surface area contributed by atoms with Gasteiger partial charge in [0.05, 0.1) is 19.1 Å². The van der Waals surface area contributed by atoms with E-state index in [-0.39, 0.29) is 19.0 Å². The third-order valence-corrected chi connectivity index (χ3v) is 2.13. The van der Waals surface area contributed by atoms with Crippen molar-refractivity contribution in [2.45, 2.75) is 18.9 Å². The van der Waals surface area contributed by atoms with Crippen LogP contribution in [-0.2, 0) is 14.4 Å². The fraction of sp³-hybridized carbons (Fsp3) is 0.600. The molecule has 0 unspecified atom stereocenters. The van der Waals surface area contributed by atoms with Crippen molar-refractivity contribution in [3.8, 4) is 0 Å². The molecule has 0 bridgehead atoms. The van der Waals surface area contributed by atoms with Crippen molar-refractivity contribution in [3.63, 3.8) is 0 Å². The summed E-state index contributed by atoms with van der Waals surface area (Å²) in [6.07, 6.45) is 2.47. The van der Waals surface area contributed by atoms with Gasteiger partial charge in [0.1, 0.15) is 0 Å². The summed E-state index contributed by atoms with van der Waals surface area (Å²) in [5.41, 5.74) is 10.7. The molecule has 9 heteroatoms. The van der Waals surface area contributed by atoms with Gasteiger partial charge in [-0.05, 0) is 12.8 Å². The van der Waals surface area contributed by atoms with Crippen molar-refractivity contribution >= 4 is 24.1 Å². The lowest BCUT2D eigenvalue weighted by Crippen LogP contribution is -2.45. The van der Waals surface area contributed by atoms with E-state index in [2.05, 4.69) is 16.0 Å². The van der Waals surface area contributed by atoms with Crippen molar-refractivity contribution in [1.82, 2.24) is 16.0 Å². The number of hydrogen-bond acceptors (Lipinski definition) is 5. The molecule has 1 radical (unpaired) electrons. The third-order valence-electron chi connectivity index (χ3n) is 2.13. The number of hydrogen-bond donors (Lipinski definition) is 6. The highest BCUT2D eigenvalue weighted by atomic mass is 16.2. The first-order valence-electron chi connectivity index (χ1n) is 5.70.